The van der Waals surface area contributed by atoms with Crippen LogP contribution in [0, 0.1) is 6.92 Å². The lowest BCUT2D eigenvalue weighted by Gasteiger charge is -2.31. The highest BCUT2D eigenvalue weighted by molar-refractivity contribution is 5.39. The Hall–Kier alpha value is -1.81. The molecule has 3 rings (SSSR count). The second kappa shape index (κ2) is 5.29. The SMILES string of the molecule is COc1cccc(CN2Cc3cn[nH]c3[C@@H](C)C2)c1C. The van der Waals surface area contributed by atoms with Gasteiger partial charge < -0.3 is 4.74 Å². The maximum absolute atomic E-state index is 5.41. The predicted octanol–water partition coefficient (Wildman–Crippen LogP) is 2.85. The molecule has 1 aromatic carbocycles. The molecular formula is C16H21N3O. The van der Waals surface area contributed by atoms with Crippen molar-refractivity contribution in [3.63, 3.8) is 0 Å². The van der Waals surface area contributed by atoms with E-state index in [1.54, 1.807) is 7.11 Å². The fourth-order valence-corrected chi connectivity index (χ4v) is 3.07. The third kappa shape index (κ3) is 2.31. The van der Waals surface area contributed by atoms with Gasteiger partial charge in [-0.05, 0) is 24.1 Å². The molecule has 0 amide bonds. The Morgan fingerprint density at radius 2 is 2.30 bits per heavy atom. The molecule has 20 heavy (non-hydrogen) atoms. The predicted molar refractivity (Wildman–Crippen MR) is 78.8 cm³/mol. The number of hydrogen-bond acceptors (Lipinski definition) is 3. The number of nitrogens with zero attached hydrogens (tertiary/aromatic N) is 2. The summed E-state index contributed by atoms with van der Waals surface area (Å²) >= 11 is 0. The summed E-state index contributed by atoms with van der Waals surface area (Å²) in [5, 5.41) is 7.29. The Morgan fingerprint density at radius 1 is 1.45 bits per heavy atom. The molecule has 0 unspecified atom stereocenters. The van der Waals surface area contributed by atoms with Gasteiger partial charge in [-0.3, -0.25) is 10.00 Å². The number of aromatic amines is 1. The van der Waals surface area contributed by atoms with Crippen molar-refractivity contribution in [1.29, 1.82) is 0 Å². The maximum atomic E-state index is 5.41. The third-order valence-electron chi connectivity index (χ3n) is 4.18. The smallest absolute Gasteiger partial charge is 0.122 e. The first-order valence-corrected chi connectivity index (χ1v) is 7.06. The number of hydrogen-bond donors (Lipinski definition) is 1. The quantitative estimate of drug-likeness (QED) is 0.933. The van der Waals surface area contributed by atoms with Gasteiger partial charge in [0.15, 0.2) is 0 Å². The third-order valence-corrected chi connectivity index (χ3v) is 4.18. The van der Waals surface area contributed by atoms with Gasteiger partial charge >= 0.3 is 0 Å². The summed E-state index contributed by atoms with van der Waals surface area (Å²) < 4.78 is 5.41. The number of methoxy groups -OCH3 is 1. The first-order chi connectivity index (χ1) is 9.69. The highest BCUT2D eigenvalue weighted by Crippen LogP contribution is 2.28. The maximum Gasteiger partial charge on any atom is 0.122 e. The fourth-order valence-electron chi connectivity index (χ4n) is 3.07. The van der Waals surface area contributed by atoms with E-state index in [2.05, 4.69) is 41.1 Å². The van der Waals surface area contributed by atoms with Gasteiger partial charge in [-0.15, -0.1) is 0 Å². The summed E-state index contributed by atoms with van der Waals surface area (Å²) in [6.07, 6.45) is 1.95. The minimum Gasteiger partial charge on any atom is -0.496 e. The van der Waals surface area contributed by atoms with E-state index in [9.17, 15) is 0 Å². The van der Waals surface area contributed by atoms with Crippen LogP contribution in [0.2, 0.25) is 0 Å². The second-order valence-electron chi connectivity index (χ2n) is 5.62. The molecule has 0 fully saturated rings. The van der Waals surface area contributed by atoms with E-state index < -0.39 is 0 Å². The van der Waals surface area contributed by atoms with E-state index in [-0.39, 0.29) is 0 Å². The van der Waals surface area contributed by atoms with Crippen molar-refractivity contribution in [2.75, 3.05) is 13.7 Å². The van der Waals surface area contributed by atoms with Gasteiger partial charge in [-0.2, -0.15) is 5.10 Å². The van der Waals surface area contributed by atoms with E-state index >= 15 is 0 Å². The van der Waals surface area contributed by atoms with Gasteiger partial charge in [0, 0.05) is 36.8 Å². The van der Waals surface area contributed by atoms with Crippen LogP contribution in [-0.2, 0) is 13.1 Å². The lowest BCUT2D eigenvalue weighted by atomic mass is 9.97. The first-order valence-electron chi connectivity index (χ1n) is 7.06. The van der Waals surface area contributed by atoms with Crippen molar-refractivity contribution in [3.8, 4) is 5.75 Å². The van der Waals surface area contributed by atoms with E-state index in [1.807, 2.05) is 12.3 Å². The molecule has 4 nitrogen and oxygen atoms in total. The molecule has 0 spiro atoms. The number of benzene rings is 1. The zero-order valence-corrected chi connectivity index (χ0v) is 12.3. The summed E-state index contributed by atoms with van der Waals surface area (Å²) in [7, 11) is 1.73. The van der Waals surface area contributed by atoms with Gasteiger partial charge in [0.2, 0.25) is 0 Å². The number of aromatic nitrogens is 2. The van der Waals surface area contributed by atoms with Crippen LogP contribution < -0.4 is 4.74 Å². The number of fused-ring (bicyclic) bond motifs is 1. The molecule has 0 bridgehead atoms. The molecule has 0 radical (unpaired) electrons. The van der Waals surface area contributed by atoms with Gasteiger partial charge in [0.1, 0.15) is 5.75 Å². The second-order valence-corrected chi connectivity index (χ2v) is 5.62. The Balaban J connectivity index is 1.80. The first kappa shape index (κ1) is 13.2. The van der Waals surface area contributed by atoms with Crippen LogP contribution in [0.4, 0.5) is 0 Å². The summed E-state index contributed by atoms with van der Waals surface area (Å²) in [4.78, 5) is 2.48. The highest BCUT2D eigenvalue weighted by Gasteiger charge is 2.24. The normalized spacial score (nSPS) is 18.9. The number of H-pyrrole nitrogens is 1. The van der Waals surface area contributed by atoms with E-state index in [1.165, 1.54) is 22.4 Å². The molecular weight excluding hydrogens is 250 g/mol. The Labute approximate surface area is 119 Å². The summed E-state index contributed by atoms with van der Waals surface area (Å²) in [6.45, 7) is 7.36. The van der Waals surface area contributed by atoms with E-state index in [4.69, 9.17) is 4.74 Å². The van der Waals surface area contributed by atoms with Crippen molar-refractivity contribution >= 4 is 0 Å². The van der Waals surface area contributed by atoms with Gasteiger partial charge in [-0.1, -0.05) is 19.1 Å². The van der Waals surface area contributed by atoms with Crippen LogP contribution in [0.5, 0.6) is 5.75 Å². The average Bonchev–Trinajstić information content (AvgIpc) is 2.90. The minimum absolute atomic E-state index is 0.507. The molecule has 0 saturated heterocycles. The van der Waals surface area contributed by atoms with E-state index in [0.717, 1.165) is 25.4 Å². The number of ether oxygens (including phenoxy) is 1. The standard InChI is InChI=1S/C16H21N3O/c1-11-8-19(10-14-7-17-18-16(11)14)9-13-5-4-6-15(20-3)12(13)2/h4-7,11H,8-10H2,1-3H3,(H,17,18)/t11-/m0/s1. The molecule has 0 saturated carbocycles. The molecule has 1 aliphatic heterocycles. The number of nitrogens with one attached hydrogen (secondary N) is 1. The monoisotopic (exact) mass is 271 g/mol. The molecule has 1 aliphatic rings. The molecule has 1 aromatic heterocycles. The summed E-state index contributed by atoms with van der Waals surface area (Å²) in [5.74, 6) is 1.48. The Kier molecular flexibility index (Phi) is 3.49. The lowest BCUT2D eigenvalue weighted by Crippen LogP contribution is -2.32. The summed E-state index contributed by atoms with van der Waals surface area (Å²) in [6, 6.07) is 6.27. The Morgan fingerprint density at radius 3 is 3.10 bits per heavy atom. The van der Waals surface area contributed by atoms with Gasteiger partial charge in [0.05, 0.1) is 13.3 Å². The van der Waals surface area contributed by atoms with Crippen LogP contribution in [0.1, 0.15) is 35.2 Å². The van der Waals surface area contributed by atoms with Crippen molar-refractivity contribution in [1.82, 2.24) is 15.1 Å². The van der Waals surface area contributed by atoms with Crippen LogP contribution in [0.3, 0.4) is 0 Å². The minimum atomic E-state index is 0.507. The molecule has 1 N–H and O–H groups in total. The zero-order chi connectivity index (χ0) is 14.1. The molecule has 2 aromatic rings. The molecule has 106 valence electrons. The van der Waals surface area contributed by atoms with Crippen LogP contribution in [0.25, 0.3) is 0 Å². The fraction of sp³-hybridized carbons (Fsp3) is 0.438. The van der Waals surface area contributed by atoms with Crippen LogP contribution in [0.15, 0.2) is 24.4 Å². The van der Waals surface area contributed by atoms with Crippen LogP contribution >= 0.6 is 0 Å². The average molecular weight is 271 g/mol. The summed E-state index contributed by atoms with van der Waals surface area (Å²) in [5.41, 5.74) is 5.19. The van der Waals surface area contributed by atoms with Crippen molar-refractivity contribution in [2.24, 2.45) is 0 Å². The van der Waals surface area contributed by atoms with E-state index in [0.29, 0.717) is 5.92 Å². The molecule has 4 heteroatoms. The van der Waals surface area contributed by atoms with Crippen molar-refractivity contribution < 1.29 is 4.74 Å². The molecule has 2 heterocycles. The molecule has 1 atom stereocenters. The Bertz CT molecular complexity index is 606. The number of rotatable bonds is 3. The van der Waals surface area contributed by atoms with Crippen molar-refractivity contribution in [2.45, 2.75) is 32.9 Å². The largest absolute Gasteiger partial charge is 0.496 e. The van der Waals surface area contributed by atoms with Gasteiger partial charge in [-0.25, -0.2) is 0 Å². The van der Waals surface area contributed by atoms with Crippen LogP contribution in [-0.4, -0.2) is 28.8 Å². The van der Waals surface area contributed by atoms with Crippen molar-refractivity contribution in [3.05, 3.63) is 46.8 Å². The lowest BCUT2D eigenvalue weighted by molar-refractivity contribution is 0.224. The highest BCUT2D eigenvalue weighted by atomic mass is 16.5. The zero-order valence-electron chi connectivity index (χ0n) is 12.3. The topological polar surface area (TPSA) is 41.1 Å². The van der Waals surface area contributed by atoms with Gasteiger partial charge in [0.25, 0.3) is 0 Å². The molecule has 0 aliphatic carbocycles.